The monoisotopic (exact) mass is 276 g/mol. The number of carbonyl (C=O) groups is 2. The highest BCUT2D eigenvalue weighted by Gasteiger charge is 2.17. The fourth-order valence-electron chi connectivity index (χ4n) is 1.78. The minimum atomic E-state index is -0.646. The first kappa shape index (κ1) is 13.9. The Morgan fingerprint density at radius 1 is 1.50 bits per heavy atom. The summed E-state index contributed by atoms with van der Waals surface area (Å²) in [6.07, 6.45) is 1.98. The van der Waals surface area contributed by atoms with Crippen LogP contribution in [0.15, 0.2) is 30.5 Å². The van der Waals surface area contributed by atoms with E-state index in [0.29, 0.717) is 11.8 Å². The number of hydrogen-bond donors (Lipinski definition) is 0. The number of hydrogen-bond acceptors (Lipinski definition) is 4. The molecule has 1 aromatic heterocycles. The second kappa shape index (κ2) is 6.10. The largest absolute Gasteiger partial charge is 0.461 e. The Balaban J connectivity index is 2.25. The van der Waals surface area contributed by atoms with E-state index in [1.165, 1.54) is 23.0 Å². The standard InChI is InChI=1S/C14H13FN2O3/c1-2-20-14(19)13-11(9-18)8-17(16-13)7-10-4-3-5-12(15)6-10/h3-6,8-9H,2,7H2,1H3. The van der Waals surface area contributed by atoms with Gasteiger partial charge in [-0.2, -0.15) is 5.10 Å². The number of halogens is 1. The van der Waals surface area contributed by atoms with Crippen LogP contribution in [0.2, 0.25) is 0 Å². The molecule has 20 heavy (non-hydrogen) atoms. The number of carbonyl (C=O) groups excluding carboxylic acids is 2. The molecule has 6 heteroatoms. The fraction of sp³-hybridized carbons (Fsp3) is 0.214. The molecule has 0 unspecified atom stereocenters. The van der Waals surface area contributed by atoms with E-state index in [2.05, 4.69) is 5.10 Å². The molecule has 2 rings (SSSR count). The SMILES string of the molecule is CCOC(=O)c1nn(Cc2cccc(F)c2)cc1C=O. The van der Waals surface area contributed by atoms with Crippen LogP contribution in [0, 0.1) is 5.82 Å². The zero-order valence-electron chi connectivity index (χ0n) is 10.9. The van der Waals surface area contributed by atoms with Crippen LogP contribution in [0.4, 0.5) is 4.39 Å². The Morgan fingerprint density at radius 3 is 2.95 bits per heavy atom. The smallest absolute Gasteiger partial charge is 0.359 e. The highest BCUT2D eigenvalue weighted by molar-refractivity contribution is 5.96. The van der Waals surface area contributed by atoms with Gasteiger partial charge in [0.15, 0.2) is 12.0 Å². The van der Waals surface area contributed by atoms with Gasteiger partial charge in [-0.1, -0.05) is 12.1 Å². The van der Waals surface area contributed by atoms with E-state index in [9.17, 15) is 14.0 Å². The summed E-state index contributed by atoms with van der Waals surface area (Å²) in [4.78, 5) is 22.6. The lowest BCUT2D eigenvalue weighted by atomic mass is 10.2. The number of rotatable bonds is 5. The lowest BCUT2D eigenvalue weighted by Gasteiger charge is -2.02. The summed E-state index contributed by atoms with van der Waals surface area (Å²) in [6.45, 7) is 2.13. The average Bonchev–Trinajstić information content (AvgIpc) is 2.82. The van der Waals surface area contributed by atoms with Crippen molar-refractivity contribution in [3.8, 4) is 0 Å². The van der Waals surface area contributed by atoms with Gasteiger partial charge in [0.05, 0.1) is 18.7 Å². The molecule has 2 aromatic rings. The minimum Gasteiger partial charge on any atom is -0.461 e. The summed E-state index contributed by atoms with van der Waals surface area (Å²) >= 11 is 0. The maximum atomic E-state index is 13.1. The van der Waals surface area contributed by atoms with Crippen molar-refractivity contribution in [2.45, 2.75) is 13.5 Å². The molecule has 0 aliphatic heterocycles. The lowest BCUT2D eigenvalue weighted by Crippen LogP contribution is -2.09. The number of esters is 1. The zero-order chi connectivity index (χ0) is 14.5. The first-order valence-corrected chi connectivity index (χ1v) is 6.08. The predicted molar refractivity (Wildman–Crippen MR) is 69.1 cm³/mol. The van der Waals surface area contributed by atoms with Crippen LogP contribution >= 0.6 is 0 Å². The van der Waals surface area contributed by atoms with Crippen LogP contribution in [0.3, 0.4) is 0 Å². The zero-order valence-corrected chi connectivity index (χ0v) is 10.9. The van der Waals surface area contributed by atoms with Gasteiger partial charge in [-0.15, -0.1) is 0 Å². The maximum Gasteiger partial charge on any atom is 0.359 e. The van der Waals surface area contributed by atoms with E-state index < -0.39 is 5.97 Å². The first-order valence-electron chi connectivity index (χ1n) is 6.08. The second-order valence-electron chi connectivity index (χ2n) is 4.10. The van der Waals surface area contributed by atoms with Gasteiger partial charge in [0.2, 0.25) is 0 Å². The van der Waals surface area contributed by atoms with Crippen molar-refractivity contribution in [2.75, 3.05) is 6.61 Å². The van der Waals surface area contributed by atoms with Crippen LogP contribution in [-0.4, -0.2) is 28.6 Å². The number of nitrogens with zero attached hydrogens (tertiary/aromatic N) is 2. The lowest BCUT2D eigenvalue weighted by molar-refractivity contribution is 0.0516. The number of aromatic nitrogens is 2. The third-order valence-electron chi connectivity index (χ3n) is 2.62. The van der Waals surface area contributed by atoms with E-state index in [-0.39, 0.29) is 30.2 Å². The molecule has 0 saturated carbocycles. The molecule has 0 saturated heterocycles. The molecule has 0 bridgehead atoms. The van der Waals surface area contributed by atoms with Gasteiger partial charge in [0.25, 0.3) is 0 Å². The van der Waals surface area contributed by atoms with E-state index >= 15 is 0 Å². The summed E-state index contributed by atoms with van der Waals surface area (Å²) in [5.41, 5.74) is 0.804. The Labute approximate surface area is 115 Å². The molecule has 5 nitrogen and oxygen atoms in total. The number of benzene rings is 1. The molecule has 1 aromatic carbocycles. The summed E-state index contributed by atoms with van der Waals surface area (Å²) in [7, 11) is 0. The molecule has 0 radical (unpaired) electrons. The Kier molecular flexibility index (Phi) is 4.24. The molecule has 0 atom stereocenters. The van der Waals surface area contributed by atoms with Gasteiger partial charge in [-0.05, 0) is 24.6 Å². The molecule has 0 N–H and O–H groups in total. The minimum absolute atomic E-state index is 0.0294. The molecular formula is C14H13FN2O3. The van der Waals surface area contributed by atoms with Crippen LogP contribution in [0.1, 0.15) is 33.3 Å². The van der Waals surface area contributed by atoms with Crippen molar-refractivity contribution < 1.29 is 18.7 Å². The van der Waals surface area contributed by atoms with Crippen molar-refractivity contribution in [3.05, 3.63) is 53.1 Å². The van der Waals surface area contributed by atoms with Crippen molar-refractivity contribution in [3.63, 3.8) is 0 Å². The predicted octanol–water partition coefficient (Wildman–Crippen LogP) is 2.06. The highest BCUT2D eigenvalue weighted by atomic mass is 19.1. The normalized spacial score (nSPS) is 10.3. The third-order valence-corrected chi connectivity index (χ3v) is 2.62. The van der Waals surface area contributed by atoms with Gasteiger partial charge in [-0.3, -0.25) is 9.48 Å². The van der Waals surface area contributed by atoms with Crippen molar-refractivity contribution in [1.82, 2.24) is 9.78 Å². The van der Waals surface area contributed by atoms with Gasteiger partial charge >= 0.3 is 5.97 Å². The van der Waals surface area contributed by atoms with Gasteiger partial charge < -0.3 is 4.74 Å². The number of aldehydes is 1. The summed E-state index contributed by atoms with van der Waals surface area (Å²) in [6, 6.07) is 6.02. The molecule has 0 spiro atoms. The first-order chi connectivity index (χ1) is 9.63. The van der Waals surface area contributed by atoms with E-state index in [0.717, 1.165) is 0 Å². The second-order valence-corrected chi connectivity index (χ2v) is 4.10. The molecule has 1 heterocycles. The number of ether oxygens (including phenoxy) is 1. The summed E-state index contributed by atoms with van der Waals surface area (Å²) in [5.74, 6) is -0.997. The van der Waals surface area contributed by atoms with Crippen LogP contribution in [0.25, 0.3) is 0 Å². The fourth-order valence-corrected chi connectivity index (χ4v) is 1.78. The Bertz CT molecular complexity index is 637. The van der Waals surface area contributed by atoms with E-state index in [1.54, 1.807) is 19.1 Å². The van der Waals surface area contributed by atoms with Crippen molar-refractivity contribution in [1.29, 1.82) is 0 Å². The third kappa shape index (κ3) is 3.09. The molecule has 104 valence electrons. The molecule has 0 aliphatic rings. The maximum absolute atomic E-state index is 13.1. The van der Waals surface area contributed by atoms with Crippen molar-refractivity contribution >= 4 is 12.3 Å². The average molecular weight is 276 g/mol. The van der Waals surface area contributed by atoms with Crippen molar-refractivity contribution in [2.24, 2.45) is 0 Å². The summed E-state index contributed by atoms with van der Waals surface area (Å²) in [5, 5.41) is 4.01. The van der Waals surface area contributed by atoms with Crippen LogP contribution in [-0.2, 0) is 11.3 Å². The van der Waals surface area contributed by atoms with Crippen LogP contribution in [0.5, 0.6) is 0 Å². The van der Waals surface area contributed by atoms with Gasteiger partial charge in [0.1, 0.15) is 5.82 Å². The topological polar surface area (TPSA) is 61.2 Å². The van der Waals surface area contributed by atoms with Crippen LogP contribution < -0.4 is 0 Å². The molecular weight excluding hydrogens is 263 g/mol. The molecule has 0 aliphatic carbocycles. The summed E-state index contributed by atoms with van der Waals surface area (Å²) < 4.78 is 19.3. The quantitative estimate of drug-likeness (QED) is 0.619. The van der Waals surface area contributed by atoms with Gasteiger partial charge in [0, 0.05) is 6.20 Å². The highest BCUT2D eigenvalue weighted by Crippen LogP contribution is 2.10. The molecule has 0 fully saturated rings. The van der Waals surface area contributed by atoms with E-state index in [1.807, 2.05) is 0 Å². The molecule has 0 amide bonds. The Hall–Kier alpha value is -2.50. The Morgan fingerprint density at radius 2 is 2.30 bits per heavy atom. The van der Waals surface area contributed by atoms with Gasteiger partial charge in [-0.25, -0.2) is 9.18 Å². The van der Waals surface area contributed by atoms with E-state index in [4.69, 9.17) is 4.74 Å².